The van der Waals surface area contributed by atoms with Crippen LogP contribution in [-0.4, -0.2) is 111 Å². The van der Waals surface area contributed by atoms with Gasteiger partial charge in [-0.05, 0) is 89.3 Å². The van der Waals surface area contributed by atoms with Crippen molar-refractivity contribution in [1.82, 2.24) is 29.8 Å². The number of alkyl halides is 3. The molecule has 4 amide bonds. The van der Waals surface area contributed by atoms with E-state index < -0.39 is 92.4 Å². The average molecular weight is 903 g/mol. The molecule has 16 nitrogen and oxygen atoms in total. The summed E-state index contributed by atoms with van der Waals surface area (Å²) in [7, 11) is -2.65. The van der Waals surface area contributed by atoms with E-state index >= 15 is 4.79 Å². The molecule has 2 aliphatic carbocycles. The van der Waals surface area contributed by atoms with E-state index in [9.17, 15) is 41.1 Å². The molecule has 0 unspecified atom stereocenters. The molecule has 4 aliphatic rings. The van der Waals surface area contributed by atoms with Gasteiger partial charge in [-0.2, -0.15) is 13.2 Å². The summed E-state index contributed by atoms with van der Waals surface area (Å²) in [5.41, 5.74) is -4.26. The first-order valence-corrected chi connectivity index (χ1v) is 22.5. The fraction of sp³-hybridized carbons (Fsp3) is 0.581. The fourth-order valence-electron chi connectivity index (χ4n) is 8.89. The van der Waals surface area contributed by atoms with Crippen molar-refractivity contribution >= 4 is 44.6 Å². The molecule has 1 saturated heterocycles. The van der Waals surface area contributed by atoms with E-state index in [1.807, 2.05) is 13.0 Å². The Morgan fingerprint density at radius 3 is 2.49 bits per heavy atom. The van der Waals surface area contributed by atoms with E-state index in [-0.39, 0.29) is 42.4 Å². The van der Waals surface area contributed by atoms with Gasteiger partial charge in [-0.3, -0.25) is 24.0 Å². The Balaban J connectivity index is 1.32. The Morgan fingerprint density at radius 2 is 1.87 bits per heavy atom. The first kappa shape index (κ1) is 45.6. The number of nitrogens with zero attached hydrogens (tertiary/aromatic N) is 4. The van der Waals surface area contributed by atoms with Gasteiger partial charge in [0.2, 0.25) is 27.7 Å². The summed E-state index contributed by atoms with van der Waals surface area (Å²) in [4.78, 5) is 66.9. The van der Waals surface area contributed by atoms with Crippen LogP contribution in [0.2, 0.25) is 0 Å². The number of carboxylic acid groups (broad SMARTS) is 1. The van der Waals surface area contributed by atoms with Crippen LogP contribution in [0, 0.1) is 17.8 Å². The second-order valence-corrected chi connectivity index (χ2v) is 20.3. The van der Waals surface area contributed by atoms with Gasteiger partial charge < -0.3 is 29.2 Å². The van der Waals surface area contributed by atoms with Gasteiger partial charge in [-0.1, -0.05) is 32.4 Å². The molecule has 3 fully saturated rings. The zero-order chi connectivity index (χ0) is 45.9. The third-order valence-corrected chi connectivity index (χ3v) is 15.5. The molecule has 4 heterocycles. The van der Waals surface area contributed by atoms with Crippen LogP contribution in [0.1, 0.15) is 86.0 Å². The fourth-order valence-corrected chi connectivity index (χ4v) is 10.2. The smallest absolute Gasteiger partial charge is 0.411 e. The van der Waals surface area contributed by atoms with Crippen LogP contribution < -0.4 is 19.5 Å². The van der Waals surface area contributed by atoms with Crippen LogP contribution in [0.3, 0.4) is 0 Å². The molecule has 7 rings (SSSR count). The lowest BCUT2D eigenvalue weighted by Crippen LogP contribution is -2.66. The van der Waals surface area contributed by atoms with Gasteiger partial charge in [-0.15, -0.1) is 0 Å². The minimum atomic E-state index is -5.11. The van der Waals surface area contributed by atoms with Gasteiger partial charge >= 0.3 is 12.3 Å². The highest BCUT2D eigenvalue weighted by Crippen LogP contribution is 2.48. The lowest BCUT2D eigenvalue weighted by atomic mass is 9.82. The minimum absolute atomic E-state index is 0.0352. The number of carbonyl (C=O) groups is 4. The molecule has 3 aromatic rings. The highest BCUT2D eigenvalue weighted by molar-refractivity contribution is 7.91. The summed E-state index contributed by atoms with van der Waals surface area (Å²) >= 11 is 0. The Morgan fingerprint density at radius 1 is 1.14 bits per heavy atom. The van der Waals surface area contributed by atoms with E-state index in [0.717, 1.165) is 4.90 Å². The van der Waals surface area contributed by atoms with Crippen molar-refractivity contribution in [3.8, 4) is 23.0 Å². The Bertz CT molecular complexity index is 2410. The number of aromatic nitrogens is 2. The number of benzene rings is 1. The topological polar surface area (TPSA) is 211 Å². The van der Waals surface area contributed by atoms with Crippen molar-refractivity contribution < 1.29 is 59.8 Å². The number of amides is 4. The van der Waals surface area contributed by atoms with Crippen LogP contribution in [0.25, 0.3) is 22.1 Å². The molecular weight excluding hydrogens is 850 g/mol. The number of nitrogens with one attached hydrogen (secondary N) is 2. The number of hydrogen-bond donors (Lipinski definition) is 3. The van der Waals surface area contributed by atoms with Gasteiger partial charge in [0.1, 0.15) is 35.0 Å². The number of hydrogen-bond acceptors (Lipinski definition) is 11. The predicted octanol–water partition coefficient (Wildman–Crippen LogP) is 6.21. The normalized spacial score (nSPS) is 28.1. The molecule has 63 heavy (non-hydrogen) atoms. The minimum Gasteiger partial charge on any atom is -0.497 e. The zero-order valence-corrected chi connectivity index (χ0v) is 36.7. The summed E-state index contributed by atoms with van der Waals surface area (Å²) in [5, 5.41) is 14.4. The number of rotatable bonds is 10. The second kappa shape index (κ2) is 16.6. The molecule has 2 aliphatic heterocycles. The summed E-state index contributed by atoms with van der Waals surface area (Å²) in [6, 6.07) is 1.66. The molecule has 0 spiro atoms. The van der Waals surface area contributed by atoms with Crippen molar-refractivity contribution in [2.75, 3.05) is 13.7 Å². The Labute approximate surface area is 363 Å². The Hall–Kier alpha value is -5.40. The van der Waals surface area contributed by atoms with Gasteiger partial charge in [0.15, 0.2) is 12.2 Å². The maximum atomic E-state index is 15.3. The number of oxazole rings is 1. The number of fused-ring (bicyclic) bond motifs is 3. The molecule has 342 valence electrons. The quantitative estimate of drug-likeness (QED) is 0.194. The Kier molecular flexibility index (Phi) is 12.0. The predicted molar refractivity (Wildman–Crippen MR) is 222 cm³/mol. The van der Waals surface area contributed by atoms with Crippen molar-refractivity contribution in [3.05, 3.63) is 49.1 Å². The molecule has 7 atom stereocenters. The number of carbonyl (C=O) groups excluding carboxylic acids is 3. The molecule has 0 bridgehead atoms. The molecule has 20 heteroatoms. The summed E-state index contributed by atoms with van der Waals surface area (Å²) in [6.07, 6.45) is 1.37. The molecule has 3 N–H and O–H groups in total. The summed E-state index contributed by atoms with van der Waals surface area (Å²) < 4.78 is 89.7. The number of halogens is 3. The third kappa shape index (κ3) is 8.54. The second-order valence-electron chi connectivity index (χ2n) is 18.1. The number of ether oxygens (including phenoxy) is 2. The monoisotopic (exact) mass is 902 g/mol. The van der Waals surface area contributed by atoms with Crippen molar-refractivity contribution in [1.29, 1.82) is 0 Å². The lowest BCUT2D eigenvalue weighted by molar-refractivity contribution is -0.222. The molecular formula is C43H53F3N6O10S. The van der Waals surface area contributed by atoms with E-state index in [2.05, 4.69) is 20.0 Å². The maximum Gasteiger partial charge on any atom is 0.411 e. The van der Waals surface area contributed by atoms with Crippen LogP contribution in [0.15, 0.2) is 53.6 Å². The van der Waals surface area contributed by atoms with Crippen LogP contribution >= 0.6 is 0 Å². The average Bonchev–Trinajstić information content (AvgIpc) is 3.97. The highest BCUT2D eigenvalue weighted by atomic mass is 32.2. The van der Waals surface area contributed by atoms with E-state index in [0.29, 0.717) is 67.4 Å². The molecule has 2 aromatic heterocycles. The number of methoxy groups -OCH3 is 1. The molecule has 0 radical (unpaired) electrons. The van der Waals surface area contributed by atoms with Gasteiger partial charge in [0.05, 0.1) is 24.6 Å². The lowest BCUT2D eigenvalue weighted by Gasteiger charge is -2.46. The number of pyridine rings is 1. The summed E-state index contributed by atoms with van der Waals surface area (Å²) in [6.45, 7) is 6.06. The van der Waals surface area contributed by atoms with Gasteiger partial charge in [0.25, 0.3) is 5.91 Å². The van der Waals surface area contributed by atoms with E-state index in [1.54, 1.807) is 31.2 Å². The molecule has 1 aromatic carbocycles. The van der Waals surface area contributed by atoms with Gasteiger partial charge in [-0.25, -0.2) is 23.2 Å². The zero-order valence-electron chi connectivity index (χ0n) is 35.9. The van der Waals surface area contributed by atoms with E-state index in [4.69, 9.17) is 13.9 Å². The van der Waals surface area contributed by atoms with Crippen molar-refractivity contribution in [2.45, 2.75) is 126 Å². The van der Waals surface area contributed by atoms with Crippen LogP contribution in [-0.2, 0) is 24.4 Å². The first-order chi connectivity index (χ1) is 29.6. The van der Waals surface area contributed by atoms with Crippen molar-refractivity contribution in [3.63, 3.8) is 0 Å². The number of allylic oxidation sites excluding steroid dienone is 1. The van der Waals surface area contributed by atoms with Crippen LogP contribution in [0.4, 0.5) is 18.0 Å². The standard InChI is InChI=1S/C43H53F3N6O10S/c1-7-25-16-24(2)10-8-9-11-26-19-42(26,38(55)50-63(58,59)41(5)14-15-41)49-35(53)32-18-28(22-51(32)37(54)34(25)52(39(56)57)40(3,4)43(44,45)46)62-36-29-13-12-27(60-6)17-30(29)31(20-48-36)33-21-47-23-61-33/h9,11-13,17,20-21,23-26,28,32,34H,7-8,10,14-16,18-19,22H2,1-6H3,(H,49,53)(H,50,55)(H,56,57)/b11-9-/t24-,25-,26-,28-,32+,34+,42-/m1/s1. The maximum absolute atomic E-state index is 15.3. The molecule has 2 saturated carbocycles. The highest BCUT2D eigenvalue weighted by Gasteiger charge is 2.64. The number of sulfonamides is 1. The van der Waals surface area contributed by atoms with E-state index in [1.165, 1.54) is 32.8 Å². The van der Waals surface area contributed by atoms with Crippen molar-refractivity contribution in [2.24, 2.45) is 17.8 Å². The van der Waals surface area contributed by atoms with Crippen LogP contribution in [0.5, 0.6) is 11.6 Å². The third-order valence-electron chi connectivity index (χ3n) is 13.4. The SMILES string of the molecule is CC[C@@H]1C[C@H](C)CC/C=C\[C@@H]2C[C@@]2(C(=O)NS(=O)(=O)C2(C)CC2)NC(=O)[C@@H]2C[C@@H](Oc3ncc(-c4cnco4)c4cc(OC)ccc34)CN2C(=O)[C@H]1N(C(=O)O)C(C)(C)C(F)(F)F. The largest absolute Gasteiger partial charge is 0.497 e. The summed E-state index contributed by atoms with van der Waals surface area (Å²) in [5.74, 6) is -3.69. The van der Waals surface area contributed by atoms with Gasteiger partial charge in [0, 0.05) is 34.9 Å². The first-order valence-electron chi connectivity index (χ1n) is 21.0.